The number of piperidine rings is 1. The van der Waals surface area contributed by atoms with Crippen LogP contribution >= 0.6 is 0 Å². The van der Waals surface area contributed by atoms with E-state index in [1.807, 2.05) is 25.1 Å². The Kier molecular flexibility index (Phi) is 7.90. The number of aromatic nitrogens is 3. The molecular weight excluding hydrogens is 580 g/mol. The number of amides is 1. The van der Waals surface area contributed by atoms with E-state index in [4.69, 9.17) is 14.5 Å². The predicted molar refractivity (Wildman–Crippen MR) is 173 cm³/mol. The fourth-order valence-electron chi connectivity index (χ4n) is 7.30. The van der Waals surface area contributed by atoms with Crippen molar-refractivity contribution in [2.24, 2.45) is 17.8 Å². The van der Waals surface area contributed by atoms with Crippen LogP contribution in [0.2, 0.25) is 0 Å². The average molecular weight is 621 g/mol. The normalized spacial score (nSPS) is 24.5. The lowest BCUT2D eigenvalue weighted by Crippen LogP contribution is -2.44. The van der Waals surface area contributed by atoms with Gasteiger partial charge in [-0.25, -0.2) is 4.98 Å². The molecule has 2 fully saturated rings. The fraction of sp³-hybridized carbons (Fsp3) is 0.429. The molecule has 2 unspecified atom stereocenters. The summed E-state index contributed by atoms with van der Waals surface area (Å²) in [4.78, 5) is 22.7. The van der Waals surface area contributed by atoms with Crippen molar-refractivity contribution in [3.8, 4) is 17.6 Å². The van der Waals surface area contributed by atoms with Crippen molar-refractivity contribution >= 4 is 11.7 Å². The van der Waals surface area contributed by atoms with Crippen LogP contribution in [0.15, 0.2) is 66.1 Å². The average Bonchev–Trinajstić information content (AvgIpc) is 3.49. The molecule has 1 amide bonds. The summed E-state index contributed by atoms with van der Waals surface area (Å²) in [5.41, 5.74) is 6.06. The van der Waals surface area contributed by atoms with E-state index in [0.29, 0.717) is 30.5 Å². The topological polar surface area (TPSA) is 121 Å². The summed E-state index contributed by atoms with van der Waals surface area (Å²) in [5.74, 6) is 3.60. The van der Waals surface area contributed by atoms with Gasteiger partial charge in [0.1, 0.15) is 23.5 Å². The molecule has 238 valence electrons. The second-order valence-electron chi connectivity index (χ2n) is 12.7. The maximum atomic E-state index is 13.4. The van der Waals surface area contributed by atoms with Gasteiger partial charge in [0.2, 0.25) is 0 Å². The number of rotatable bonds is 10. The minimum Gasteiger partial charge on any atom is -0.497 e. The van der Waals surface area contributed by atoms with Gasteiger partial charge in [0.05, 0.1) is 50.6 Å². The Morgan fingerprint density at radius 3 is 2.67 bits per heavy atom. The molecule has 1 aromatic carbocycles. The van der Waals surface area contributed by atoms with Crippen molar-refractivity contribution in [3.63, 3.8) is 0 Å². The lowest BCUT2D eigenvalue weighted by atomic mass is 10.0. The zero-order valence-electron chi connectivity index (χ0n) is 26.7. The van der Waals surface area contributed by atoms with Gasteiger partial charge >= 0.3 is 0 Å². The van der Waals surface area contributed by atoms with Crippen LogP contribution in [0.1, 0.15) is 40.0 Å². The van der Waals surface area contributed by atoms with Crippen molar-refractivity contribution in [2.45, 2.75) is 45.1 Å². The maximum absolute atomic E-state index is 13.4. The van der Waals surface area contributed by atoms with Gasteiger partial charge < -0.3 is 24.6 Å². The van der Waals surface area contributed by atoms with E-state index in [-0.39, 0.29) is 24.0 Å². The van der Waals surface area contributed by atoms with Crippen LogP contribution < -0.4 is 25.0 Å². The number of benzene rings is 1. The number of aryl methyl sites for hydroxylation is 1. The van der Waals surface area contributed by atoms with E-state index in [1.54, 1.807) is 31.3 Å². The lowest BCUT2D eigenvalue weighted by Gasteiger charge is -2.33. The predicted octanol–water partition coefficient (Wildman–Crippen LogP) is 3.62. The van der Waals surface area contributed by atoms with Gasteiger partial charge in [-0.3, -0.25) is 14.8 Å². The molecule has 3 aromatic rings. The summed E-state index contributed by atoms with van der Waals surface area (Å²) < 4.78 is 12.7. The number of nitrogens with one attached hydrogen (secondary N) is 2. The highest BCUT2D eigenvalue weighted by atomic mass is 16.5. The Hall–Kier alpha value is -4.82. The third-order valence-electron chi connectivity index (χ3n) is 10.0. The summed E-state index contributed by atoms with van der Waals surface area (Å²) in [6, 6.07) is 12.4. The number of carbonyl (C=O) groups excluding carboxylic acids is 1. The number of likely N-dealkylation sites (N-methyl/N-ethyl adjacent to an activating group) is 1. The number of ether oxygens (including phenoxy) is 2. The Morgan fingerprint density at radius 2 is 1.93 bits per heavy atom. The van der Waals surface area contributed by atoms with E-state index in [2.05, 4.69) is 63.1 Å². The first-order valence-electron chi connectivity index (χ1n) is 15.9. The third-order valence-corrected chi connectivity index (χ3v) is 10.0. The van der Waals surface area contributed by atoms with Gasteiger partial charge in [-0.1, -0.05) is 12.1 Å². The molecule has 4 heterocycles. The van der Waals surface area contributed by atoms with Crippen LogP contribution in [-0.4, -0.2) is 72.1 Å². The molecule has 5 atom stereocenters. The number of nitriles is 1. The van der Waals surface area contributed by atoms with Gasteiger partial charge in [0.25, 0.3) is 5.91 Å². The largest absolute Gasteiger partial charge is 0.497 e. The zero-order valence-corrected chi connectivity index (χ0v) is 26.7. The molecule has 1 saturated carbocycles. The van der Waals surface area contributed by atoms with Crippen LogP contribution in [0.3, 0.4) is 0 Å². The fourth-order valence-corrected chi connectivity index (χ4v) is 7.30. The first kappa shape index (κ1) is 29.9. The van der Waals surface area contributed by atoms with Gasteiger partial charge in [0, 0.05) is 56.4 Å². The summed E-state index contributed by atoms with van der Waals surface area (Å²) in [5, 5.41) is 20.6. The number of hydrogen-bond donors (Lipinski definition) is 2. The zero-order chi connectivity index (χ0) is 31.9. The maximum Gasteiger partial charge on any atom is 0.254 e. The third kappa shape index (κ3) is 5.58. The van der Waals surface area contributed by atoms with Gasteiger partial charge in [-0.05, 0) is 66.5 Å². The molecule has 2 N–H and O–H groups in total. The lowest BCUT2D eigenvalue weighted by molar-refractivity contribution is 0.0943. The summed E-state index contributed by atoms with van der Waals surface area (Å²) >= 11 is 0. The van der Waals surface area contributed by atoms with Crippen LogP contribution in [0.25, 0.3) is 0 Å². The number of methoxy groups -OCH3 is 2. The molecule has 0 radical (unpaired) electrons. The monoisotopic (exact) mass is 620 g/mol. The second kappa shape index (κ2) is 12.2. The van der Waals surface area contributed by atoms with Crippen molar-refractivity contribution in [1.82, 2.24) is 30.3 Å². The molecule has 2 aromatic heterocycles. The van der Waals surface area contributed by atoms with E-state index in [9.17, 15) is 10.1 Å². The Labute approximate surface area is 269 Å². The van der Waals surface area contributed by atoms with Crippen LogP contribution in [-0.2, 0) is 13.1 Å². The van der Waals surface area contributed by atoms with E-state index >= 15 is 0 Å². The number of anilines is 1. The molecule has 0 bridgehead atoms. The van der Waals surface area contributed by atoms with Crippen LogP contribution in [0.4, 0.5) is 5.82 Å². The number of carbonyl (C=O) groups is 1. The Bertz CT molecular complexity index is 1740. The van der Waals surface area contributed by atoms with Crippen LogP contribution in [0.5, 0.6) is 11.5 Å². The SMILES string of the molecule is COc1ccc(CNC2C3=C(C=CN2C)[C@H](NC(=O)c2cnn(Cc4ccc(N5C[C@@H]6C(C#N)[C@@H]6C5)nc4C)c2)CC3)c(OC)c1. The van der Waals surface area contributed by atoms with E-state index in [0.717, 1.165) is 60.1 Å². The highest BCUT2D eigenvalue weighted by Crippen LogP contribution is 2.51. The van der Waals surface area contributed by atoms with Crippen molar-refractivity contribution < 1.29 is 14.3 Å². The minimum atomic E-state index is -0.127. The Morgan fingerprint density at radius 1 is 1.13 bits per heavy atom. The summed E-state index contributed by atoms with van der Waals surface area (Å²) in [6.45, 7) is 5.00. The van der Waals surface area contributed by atoms with Gasteiger partial charge in [-0.2, -0.15) is 10.4 Å². The number of nitrogens with zero attached hydrogens (tertiary/aromatic N) is 6. The molecular formula is C35H40N8O3. The molecule has 11 heteroatoms. The molecule has 4 aliphatic rings. The molecule has 46 heavy (non-hydrogen) atoms. The Balaban J connectivity index is 0.969. The number of pyridine rings is 1. The smallest absolute Gasteiger partial charge is 0.254 e. The second-order valence-corrected chi connectivity index (χ2v) is 12.7. The molecule has 2 aliphatic carbocycles. The highest BCUT2D eigenvalue weighted by molar-refractivity contribution is 5.94. The van der Waals surface area contributed by atoms with Crippen molar-refractivity contribution in [3.05, 3.63) is 88.5 Å². The first-order valence-corrected chi connectivity index (χ1v) is 15.9. The molecule has 7 rings (SSSR count). The van der Waals surface area contributed by atoms with Crippen molar-refractivity contribution in [2.75, 3.05) is 39.3 Å². The minimum absolute atomic E-state index is 0.0188. The van der Waals surface area contributed by atoms with Crippen LogP contribution in [0, 0.1) is 36.0 Å². The van der Waals surface area contributed by atoms with Gasteiger partial charge in [-0.15, -0.1) is 0 Å². The molecule has 11 nitrogen and oxygen atoms in total. The molecule has 0 spiro atoms. The molecule has 2 aliphatic heterocycles. The quantitative estimate of drug-likeness (QED) is 0.350. The standard InChI is InChI=1S/C35H40N8O3/c1-21-23(6-10-33(39-21)42-19-29-28(14-36)30(29)20-42)17-43-18-24(16-38-43)35(44)40-31-9-8-27-26(31)11-12-41(2)34(27)37-15-22-5-7-25(45-3)13-32(22)46-4/h5-7,10-13,16,18,28-31,34,37H,8-9,15,17,19-20H2,1-4H3,(H,40,44)/t28?,29-,30+,31-,34?/m1/s1. The van der Waals surface area contributed by atoms with Crippen molar-refractivity contribution in [1.29, 1.82) is 5.26 Å². The van der Waals surface area contributed by atoms with E-state index < -0.39 is 0 Å². The highest BCUT2D eigenvalue weighted by Gasteiger charge is 2.56. The number of fused-ring (bicyclic) bond motifs is 1. The summed E-state index contributed by atoms with van der Waals surface area (Å²) in [7, 11) is 5.38. The molecule has 1 saturated heterocycles. The first-order chi connectivity index (χ1) is 22.4. The number of hydrogen-bond acceptors (Lipinski definition) is 9. The van der Waals surface area contributed by atoms with Gasteiger partial charge in [0.15, 0.2) is 0 Å². The van der Waals surface area contributed by atoms with E-state index in [1.165, 1.54) is 11.1 Å². The summed E-state index contributed by atoms with van der Waals surface area (Å²) in [6.07, 6.45) is 9.39.